The molecule has 2 unspecified atom stereocenters. The molecule has 2 atom stereocenters. The van der Waals surface area contributed by atoms with E-state index >= 15 is 0 Å². The summed E-state index contributed by atoms with van der Waals surface area (Å²) < 4.78 is 15.3. The second-order valence-electron chi connectivity index (χ2n) is 5.04. The number of rotatable bonds is 5. The summed E-state index contributed by atoms with van der Waals surface area (Å²) in [6.07, 6.45) is 0.0644. The number of hydrogen-bond acceptors (Lipinski definition) is 6. The highest BCUT2D eigenvalue weighted by molar-refractivity contribution is 5.89. The molecule has 1 aliphatic heterocycles. The maximum absolute atomic E-state index is 11.6. The van der Waals surface area contributed by atoms with Gasteiger partial charge in [-0.15, -0.1) is 0 Å². The van der Waals surface area contributed by atoms with Gasteiger partial charge in [0.2, 0.25) is 0 Å². The monoisotopic (exact) mass is 307 g/mol. The predicted octanol–water partition coefficient (Wildman–Crippen LogP) is 1.46. The molecule has 6 heteroatoms. The topological polar surface area (TPSA) is 73.9 Å². The molecule has 0 bridgehead atoms. The number of morpholine rings is 1. The van der Waals surface area contributed by atoms with Crippen molar-refractivity contribution >= 4 is 11.9 Å². The molecule has 0 aromatic heterocycles. The molecule has 2 rings (SSSR count). The lowest BCUT2D eigenvalue weighted by Crippen LogP contribution is -2.42. The predicted molar refractivity (Wildman–Crippen MR) is 79.5 cm³/mol. The maximum Gasteiger partial charge on any atom is 0.337 e. The van der Waals surface area contributed by atoms with Crippen LogP contribution in [0.1, 0.15) is 35.3 Å². The number of nitrogens with one attached hydrogen (secondary N) is 1. The molecule has 1 N–H and O–H groups in total. The summed E-state index contributed by atoms with van der Waals surface area (Å²) in [6, 6.07) is 7.23. The number of esters is 2. The normalized spacial score (nSPS) is 21.2. The van der Waals surface area contributed by atoms with Crippen molar-refractivity contribution < 1.29 is 23.8 Å². The van der Waals surface area contributed by atoms with Crippen LogP contribution in [0.15, 0.2) is 24.3 Å². The van der Waals surface area contributed by atoms with Crippen LogP contribution in [0.2, 0.25) is 0 Å². The van der Waals surface area contributed by atoms with Crippen LogP contribution < -0.4 is 5.32 Å². The van der Waals surface area contributed by atoms with Crippen LogP contribution in [-0.4, -0.2) is 44.9 Å². The first-order chi connectivity index (χ1) is 10.6. The van der Waals surface area contributed by atoms with E-state index in [2.05, 4.69) is 5.32 Å². The molecule has 1 aliphatic rings. The molecule has 22 heavy (non-hydrogen) atoms. The van der Waals surface area contributed by atoms with Gasteiger partial charge in [-0.2, -0.15) is 0 Å². The van der Waals surface area contributed by atoms with Gasteiger partial charge in [0.05, 0.1) is 44.5 Å². The lowest BCUT2D eigenvalue weighted by molar-refractivity contribution is -0.147. The van der Waals surface area contributed by atoms with Gasteiger partial charge in [0.25, 0.3) is 0 Å². The van der Waals surface area contributed by atoms with E-state index in [9.17, 15) is 9.59 Å². The first kappa shape index (κ1) is 16.5. The number of carbonyl (C=O) groups is 2. The summed E-state index contributed by atoms with van der Waals surface area (Å²) in [4.78, 5) is 23.0. The fraction of sp³-hybridized carbons (Fsp3) is 0.500. The third kappa shape index (κ3) is 4.29. The van der Waals surface area contributed by atoms with E-state index in [1.54, 1.807) is 19.1 Å². The Hall–Kier alpha value is -1.92. The molecule has 6 nitrogen and oxygen atoms in total. The van der Waals surface area contributed by atoms with Crippen LogP contribution >= 0.6 is 0 Å². The van der Waals surface area contributed by atoms with Crippen molar-refractivity contribution in [3.8, 4) is 0 Å². The van der Waals surface area contributed by atoms with Crippen molar-refractivity contribution in [2.24, 2.45) is 0 Å². The Morgan fingerprint density at radius 2 is 2.23 bits per heavy atom. The largest absolute Gasteiger partial charge is 0.466 e. The first-order valence-corrected chi connectivity index (χ1v) is 7.33. The van der Waals surface area contributed by atoms with Crippen molar-refractivity contribution in [3.63, 3.8) is 0 Å². The Morgan fingerprint density at radius 1 is 1.41 bits per heavy atom. The second-order valence-corrected chi connectivity index (χ2v) is 5.04. The highest BCUT2D eigenvalue weighted by Gasteiger charge is 2.25. The molecule has 1 heterocycles. The fourth-order valence-corrected chi connectivity index (χ4v) is 2.38. The Kier molecular flexibility index (Phi) is 5.91. The minimum absolute atomic E-state index is 0.0111. The van der Waals surface area contributed by atoms with Crippen molar-refractivity contribution in [2.75, 3.05) is 26.9 Å². The smallest absolute Gasteiger partial charge is 0.337 e. The van der Waals surface area contributed by atoms with Gasteiger partial charge in [-0.1, -0.05) is 12.1 Å². The number of carbonyl (C=O) groups excluding carboxylic acids is 2. The van der Waals surface area contributed by atoms with Crippen molar-refractivity contribution in [1.82, 2.24) is 5.32 Å². The van der Waals surface area contributed by atoms with E-state index in [1.807, 2.05) is 12.1 Å². The third-order valence-electron chi connectivity index (χ3n) is 3.50. The van der Waals surface area contributed by atoms with Crippen LogP contribution in [0.5, 0.6) is 0 Å². The average molecular weight is 307 g/mol. The molecule has 1 fully saturated rings. The van der Waals surface area contributed by atoms with Crippen LogP contribution in [0, 0.1) is 0 Å². The van der Waals surface area contributed by atoms with E-state index in [1.165, 1.54) is 7.11 Å². The molecule has 120 valence electrons. The first-order valence-electron chi connectivity index (χ1n) is 7.33. The number of methoxy groups -OCH3 is 1. The van der Waals surface area contributed by atoms with Gasteiger partial charge in [0.15, 0.2) is 0 Å². The Labute approximate surface area is 129 Å². The molecule has 1 aromatic carbocycles. The number of benzene rings is 1. The summed E-state index contributed by atoms with van der Waals surface area (Å²) in [5.74, 6) is -0.612. The molecule has 1 aromatic rings. The lowest BCUT2D eigenvalue weighted by Gasteiger charge is -2.30. The molecule has 1 saturated heterocycles. The minimum atomic E-state index is -0.362. The Balaban J connectivity index is 1.91. The summed E-state index contributed by atoms with van der Waals surface area (Å²) >= 11 is 0. The fourth-order valence-electron chi connectivity index (χ4n) is 2.38. The zero-order valence-corrected chi connectivity index (χ0v) is 12.8. The maximum atomic E-state index is 11.6. The van der Waals surface area contributed by atoms with E-state index in [0.717, 1.165) is 5.56 Å². The van der Waals surface area contributed by atoms with Gasteiger partial charge in [-0.05, 0) is 24.6 Å². The molecule has 0 amide bonds. The van der Waals surface area contributed by atoms with Gasteiger partial charge in [-0.3, -0.25) is 4.79 Å². The van der Waals surface area contributed by atoms with Gasteiger partial charge >= 0.3 is 11.9 Å². The quantitative estimate of drug-likeness (QED) is 0.830. The van der Waals surface area contributed by atoms with Crippen LogP contribution in [0.25, 0.3) is 0 Å². The average Bonchev–Trinajstić information content (AvgIpc) is 2.55. The van der Waals surface area contributed by atoms with Gasteiger partial charge < -0.3 is 19.5 Å². The Morgan fingerprint density at radius 3 is 2.86 bits per heavy atom. The van der Waals surface area contributed by atoms with E-state index in [0.29, 0.717) is 25.3 Å². The minimum Gasteiger partial charge on any atom is -0.466 e. The molecular weight excluding hydrogens is 286 g/mol. The lowest BCUT2D eigenvalue weighted by atomic mass is 10.0. The molecule has 0 radical (unpaired) electrons. The van der Waals surface area contributed by atoms with E-state index < -0.39 is 0 Å². The number of ether oxygens (including phenoxy) is 3. The summed E-state index contributed by atoms with van der Waals surface area (Å²) in [5, 5.41) is 3.33. The highest BCUT2D eigenvalue weighted by Crippen LogP contribution is 2.20. The zero-order valence-electron chi connectivity index (χ0n) is 12.8. The molecular formula is C16H21NO5. The SMILES string of the molecule is CCOC(=O)CC1CNC(c2cccc(C(=O)OC)c2)CO1. The van der Waals surface area contributed by atoms with Crippen LogP contribution in [0.4, 0.5) is 0 Å². The molecule has 0 spiro atoms. The van der Waals surface area contributed by atoms with E-state index in [-0.39, 0.29) is 30.5 Å². The zero-order chi connectivity index (χ0) is 15.9. The van der Waals surface area contributed by atoms with E-state index in [4.69, 9.17) is 14.2 Å². The van der Waals surface area contributed by atoms with Gasteiger partial charge in [0, 0.05) is 6.54 Å². The van der Waals surface area contributed by atoms with Crippen LogP contribution in [0.3, 0.4) is 0 Å². The third-order valence-corrected chi connectivity index (χ3v) is 3.50. The Bertz CT molecular complexity index is 523. The summed E-state index contributed by atoms with van der Waals surface area (Å²) in [7, 11) is 1.36. The molecule has 0 saturated carbocycles. The van der Waals surface area contributed by atoms with Gasteiger partial charge in [-0.25, -0.2) is 4.79 Å². The molecule has 0 aliphatic carbocycles. The highest BCUT2D eigenvalue weighted by atomic mass is 16.5. The summed E-state index contributed by atoms with van der Waals surface area (Å²) in [6.45, 7) is 3.16. The van der Waals surface area contributed by atoms with Gasteiger partial charge in [0.1, 0.15) is 0 Å². The second kappa shape index (κ2) is 7.91. The van der Waals surface area contributed by atoms with Crippen molar-refractivity contribution in [1.29, 1.82) is 0 Å². The number of hydrogen-bond donors (Lipinski definition) is 1. The standard InChI is InChI=1S/C16H21NO5/c1-3-21-15(18)8-13-9-17-14(10-22-13)11-5-4-6-12(7-11)16(19)20-2/h4-7,13-14,17H,3,8-10H2,1-2H3. The van der Waals surface area contributed by atoms with Crippen LogP contribution in [-0.2, 0) is 19.0 Å². The van der Waals surface area contributed by atoms with Crippen molar-refractivity contribution in [3.05, 3.63) is 35.4 Å². The van der Waals surface area contributed by atoms with Crippen molar-refractivity contribution in [2.45, 2.75) is 25.5 Å². The summed E-state index contributed by atoms with van der Waals surface area (Å²) in [5.41, 5.74) is 1.47.